The van der Waals surface area contributed by atoms with Crippen molar-refractivity contribution in [1.82, 2.24) is 10.1 Å². The number of aliphatic carboxylic acids is 1. The van der Waals surface area contributed by atoms with Crippen LogP contribution in [0.2, 0.25) is 0 Å². The van der Waals surface area contributed by atoms with Crippen LogP contribution >= 0.6 is 0 Å². The molecular formula is C9H14N2O4. The van der Waals surface area contributed by atoms with Crippen LogP contribution in [0.1, 0.15) is 38.4 Å². The van der Waals surface area contributed by atoms with Gasteiger partial charge in [-0.1, -0.05) is 19.0 Å². The Hall–Kier alpha value is -1.43. The summed E-state index contributed by atoms with van der Waals surface area (Å²) in [5, 5.41) is 12.2. The fourth-order valence-electron chi connectivity index (χ4n) is 0.831. The molecule has 0 bridgehead atoms. The molecule has 6 heteroatoms. The molecule has 1 heterocycles. The summed E-state index contributed by atoms with van der Waals surface area (Å²) >= 11 is 0. The van der Waals surface area contributed by atoms with Crippen LogP contribution in [0, 0.1) is 0 Å². The number of carboxylic acid groups (broad SMARTS) is 1. The molecule has 0 aliphatic carbocycles. The predicted molar refractivity (Wildman–Crippen MR) is 50.3 cm³/mol. The minimum atomic E-state index is -1.01. The van der Waals surface area contributed by atoms with Crippen LogP contribution in [0.15, 0.2) is 4.52 Å². The lowest BCUT2D eigenvalue weighted by Crippen LogP contribution is -2.19. The van der Waals surface area contributed by atoms with Gasteiger partial charge in [0.1, 0.15) is 6.61 Å². The van der Waals surface area contributed by atoms with Gasteiger partial charge >= 0.3 is 5.97 Å². The maximum Gasteiger partial charge on any atom is 0.332 e. The quantitative estimate of drug-likeness (QED) is 0.792. The summed E-state index contributed by atoms with van der Waals surface area (Å²) < 4.78 is 9.93. The minimum absolute atomic E-state index is 0.0453. The largest absolute Gasteiger partial charge is 0.479 e. The number of aromatic nitrogens is 2. The summed E-state index contributed by atoms with van der Waals surface area (Å²) in [5.74, 6) is 0.0362. The first-order valence-electron chi connectivity index (χ1n) is 4.67. The van der Waals surface area contributed by atoms with Crippen molar-refractivity contribution in [2.24, 2.45) is 0 Å². The van der Waals surface area contributed by atoms with Crippen molar-refractivity contribution < 1.29 is 19.2 Å². The molecule has 0 aliphatic rings. The molecule has 1 unspecified atom stereocenters. The van der Waals surface area contributed by atoms with Gasteiger partial charge in [-0.15, -0.1) is 0 Å². The van der Waals surface area contributed by atoms with E-state index in [0.29, 0.717) is 11.7 Å². The Morgan fingerprint density at radius 2 is 2.20 bits per heavy atom. The molecule has 1 rings (SSSR count). The fourth-order valence-corrected chi connectivity index (χ4v) is 0.831. The first-order chi connectivity index (χ1) is 7.00. The molecule has 0 amide bonds. The second-order valence-corrected chi connectivity index (χ2v) is 3.50. The minimum Gasteiger partial charge on any atom is -0.479 e. The van der Waals surface area contributed by atoms with E-state index in [2.05, 4.69) is 10.1 Å². The smallest absolute Gasteiger partial charge is 0.332 e. The maximum absolute atomic E-state index is 10.4. The van der Waals surface area contributed by atoms with Crippen LogP contribution in [-0.4, -0.2) is 27.3 Å². The Kier molecular flexibility index (Phi) is 3.79. The standard InChI is InChI=1S/C9H14N2O4/c1-5(2)8-10-7(11-15-8)4-14-6(3)9(12)13/h5-6H,4H2,1-3H3,(H,12,13). The molecule has 1 N–H and O–H groups in total. The van der Waals surface area contributed by atoms with Crippen LogP contribution < -0.4 is 0 Å². The molecule has 15 heavy (non-hydrogen) atoms. The van der Waals surface area contributed by atoms with Crippen molar-refractivity contribution in [1.29, 1.82) is 0 Å². The molecule has 0 radical (unpaired) electrons. The van der Waals surface area contributed by atoms with Crippen molar-refractivity contribution in [2.75, 3.05) is 0 Å². The molecule has 0 spiro atoms. The van der Waals surface area contributed by atoms with Crippen molar-refractivity contribution in [3.8, 4) is 0 Å². The topological polar surface area (TPSA) is 85.5 Å². The first-order valence-corrected chi connectivity index (χ1v) is 4.67. The highest BCUT2D eigenvalue weighted by molar-refractivity contribution is 5.71. The van der Waals surface area contributed by atoms with E-state index >= 15 is 0 Å². The van der Waals surface area contributed by atoms with Gasteiger partial charge in [0.2, 0.25) is 5.89 Å². The van der Waals surface area contributed by atoms with Gasteiger partial charge < -0.3 is 14.4 Å². The second kappa shape index (κ2) is 4.88. The van der Waals surface area contributed by atoms with Gasteiger partial charge in [0, 0.05) is 5.92 Å². The van der Waals surface area contributed by atoms with Crippen molar-refractivity contribution in [3.63, 3.8) is 0 Å². The molecule has 1 atom stereocenters. The third kappa shape index (κ3) is 3.32. The zero-order valence-electron chi connectivity index (χ0n) is 8.93. The molecule has 0 aromatic carbocycles. The number of carbonyl (C=O) groups is 1. The summed E-state index contributed by atoms with van der Waals surface area (Å²) in [7, 11) is 0. The van der Waals surface area contributed by atoms with Gasteiger partial charge in [0.15, 0.2) is 11.9 Å². The third-order valence-electron chi connectivity index (χ3n) is 1.79. The lowest BCUT2D eigenvalue weighted by Gasteiger charge is -2.04. The SMILES string of the molecule is CC(OCc1noc(C(C)C)n1)C(=O)O. The summed E-state index contributed by atoms with van der Waals surface area (Å²) in [6.07, 6.45) is -0.869. The zero-order valence-corrected chi connectivity index (χ0v) is 8.93. The van der Waals surface area contributed by atoms with Gasteiger partial charge in [0.05, 0.1) is 0 Å². The van der Waals surface area contributed by atoms with E-state index in [0.717, 1.165) is 0 Å². The fraction of sp³-hybridized carbons (Fsp3) is 0.667. The Bertz CT molecular complexity index is 335. The molecule has 0 fully saturated rings. The van der Waals surface area contributed by atoms with Gasteiger partial charge in [0.25, 0.3) is 0 Å². The average molecular weight is 214 g/mol. The van der Waals surface area contributed by atoms with Gasteiger partial charge in [-0.05, 0) is 6.92 Å². The van der Waals surface area contributed by atoms with Crippen LogP contribution in [0.4, 0.5) is 0 Å². The molecule has 84 valence electrons. The summed E-state index contributed by atoms with van der Waals surface area (Å²) in [5.41, 5.74) is 0. The highest BCUT2D eigenvalue weighted by atomic mass is 16.5. The van der Waals surface area contributed by atoms with Crippen molar-refractivity contribution >= 4 is 5.97 Å². The number of ether oxygens (including phenoxy) is 1. The molecule has 0 saturated carbocycles. The Morgan fingerprint density at radius 3 is 2.67 bits per heavy atom. The molecule has 1 aromatic heterocycles. The van der Waals surface area contributed by atoms with Crippen LogP contribution in [0.25, 0.3) is 0 Å². The molecule has 6 nitrogen and oxygen atoms in total. The Labute approximate surface area is 87.2 Å². The summed E-state index contributed by atoms with van der Waals surface area (Å²) in [4.78, 5) is 14.5. The normalized spacial score (nSPS) is 13.1. The van der Waals surface area contributed by atoms with E-state index < -0.39 is 12.1 Å². The molecule has 0 aliphatic heterocycles. The summed E-state index contributed by atoms with van der Waals surface area (Å²) in [6, 6.07) is 0. The first kappa shape index (κ1) is 11.6. The lowest BCUT2D eigenvalue weighted by atomic mass is 10.2. The zero-order chi connectivity index (χ0) is 11.4. The van der Waals surface area contributed by atoms with E-state index in [-0.39, 0.29) is 12.5 Å². The lowest BCUT2D eigenvalue weighted by molar-refractivity contribution is -0.150. The monoisotopic (exact) mass is 214 g/mol. The Morgan fingerprint density at radius 1 is 1.53 bits per heavy atom. The van der Waals surface area contributed by atoms with Crippen LogP contribution in [0.3, 0.4) is 0 Å². The van der Waals surface area contributed by atoms with Gasteiger partial charge in [-0.25, -0.2) is 4.79 Å². The van der Waals surface area contributed by atoms with Crippen LogP contribution in [0.5, 0.6) is 0 Å². The number of hydrogen-bond acceptors (Lipinski definition) is 5. The number of carboxylic acids is 1. The average Bonchev–Trinajstić information content (AvgIpc) is 2.62. The molecule has 0 saturated heterocycles. The number of hydrogen-bond donors (Lipinski definition) is 1. The maximum atomic E-state index is 10.4. The van der Waals surface area contributed by atoms with E-state index in [4.69, 9.17) is 14.4 Å². The van der Waals surface area contributed by atoms with E-state index in [1.54, 1.807) is 0 Å². The highest BCUT2D eigenvalue weighted by Gasteiger charge is 2.14. The molecule has 1 aromatic rings. The van der Waals surface area contributed by atoms with E-state index in [9.17, 15) is 4.79 Å². The number of rotatable bonds is 5. The van der Waals surface area contributed by atoms with Gasteiger partial charge in [-0.3, -0.25) is 0 Å². The van der Waals surface area contributed by atoms with Crippen molar-refractivity contribution in [2.45, 2.75) is 39.4 Å². The van der Waals surface area contributed by atoms with Crippen LogP contribution in [-0.2, 0) is 16.1 Å². The number of nitrogens with zero attached hydrogens (tertiary/aromatic N) is 2. The third-order valence-corrected chi connectivity index (χ3v) is 1.79. The van der Waals surface area contributed by atoms with Gasteiger partial charge in [-0.2, -0.15) is 4.98 Å². The van der Waals surface area contributed by atoms with E-state index in [1.807, 2.05) is 13.8 Å². The van der Waals surface area contributed by atoms with Crippen molar-refractivity contribution in [3.05, 3.63) is 11.7 Å². The van der Waals surface area contributed by atoms with E-state index in [1.165, 1.54) is 6.92 Å². The summed E-state index contributed by atoms with van der Waals surface area (Å²) in [6.45, 7) is 5.35. The Balaban J connectivity index is 2.47. The second-order valence-electron chi connectivity index (χ2n) is 3.50. The predicted octanol–water partition coefficient (Wildman–Crippen LogP) is 1.18. The highest BCUT2D eigenvalue weighted by Crippen LogP contribution is 2.11. The molecular weight excluding hydrogens is 200 g/mol.